The molecule has 8 nitrogen and oxygen atoms in total. The normalized spacial score (nSPS) is 13.4. The van der Waals surface area contributed by atoms with Gasteiger partial charge in [-0.1, -0.05) is 68.1 Å². The minimum Gasteiger partial charge on any atom is -0.508 e. The molecule has 2 aromatic carbocycles. The van der Waals surface area contributed by atoms with Crippen LogP contribution in [-0.4, -0.2) is 52.4 Å². The fourth-order valence-corrected chi connectivity index (χ4v) is 4.44. The van der Waals surface area contributed by atoms with Crippen LogP contribution in [0.25, 0.3) is 0 Å². The largest absolute Gasteiger partial charge is 0.508 e. The first-order valence-electron chi connectivity index (χ1n) is 11.8. The summed E-state index contributed by atoms with van der Waals surface area (Å²) in [5.41, 5.74) is 1.76. The first kappa shape index (κ1) is 28.9. The molecule has 0 spiro atoms. The Kier molecular flexibility index (Phi) is 11.5. The maximum absolute atomic E-state index is 13.2. The molecule has 0 fully saturated rings. The Morgan fingerprint density at radius 3 is 2.11 bits per heavy atom. The van der Waals surface area contributed by atoms with Gasteiger partial charge >= 0.3 is 5.97 Å². The second kappa shape index (κ2) is 14.3. The highest BCUT2D eigenvalue weighted by Gasteiger charge is 2.32. The van der Waals surface area contributed by atoms with Crippen molar-refractivity contribution in [3.63, 3.8) is 0 Å². The zero-order valence-corrected chi connectivity index (χ0v) is 21.8. The molecule has 0 aliphatic heterocycles. The third kappa shape index (κ3) is 9.37. The van der Waals surface area contributed by atoms with Crippen molar-refractivity contribution in [3.8, 4) is 5.75 Å². The van der Waals surface area contributed by atoms with Crippen LogP contribution in [0.2, 0.25) is 0 Å². The number of benzene rings is 2. The van der Waals surface area contributed by atoms with Crippen LogP contribution in [-0.2, 0) is 36.8 Å². The lowest BCUT2D eigenvalue weighted by molar-refractivity contribution is -0.145. The van der Waals surface area contributed by atoms with E-state index >= 15 is 0 Å². The van der Waals surface area contributed by atoms with E-state index < -0.39 is 35.1 Å². The lowest BCUT2D eigenvalue weighted by atomic mass is 10.0. The van der Waals surface area contributed by atoms with Crippen molar-refractivity contribution in [2.24, 2.45) is 5.92 Å². The van der Waals surface area contributed by atoms with Crippen molar-refractivity contribution in [2.45, 2.75) is 57.4 Å². The van der Waals surface area contributed by atoms with Crippen LogP contribution in [0.3, 0.4) is 0 Å². The molecule has 3 atom stereocenters. The van der Waals surface area contributed by atoms with Crippen LogP contribution in [0.15, 0.2) is 54.6 Å². The molecule has 2 rings (SSSR count). The summed E-state index contributed by atoms with van der Waals surface area (Å²) in [6, 6.07) is 14.0. The average Bonchev–Trinajstić information content (AvgIpc) is 2.85. The van der Waals surface area contributed by atoms with E-state index in [1.54, 1.807) is 26.0 Å². The predicted molar refractivity (Wildman–Crippen MR) is 139 cm³/mol. The van der Waals surface area contributed by atoms with Gasteiger partial charge in [-0.25, -0.2) is 4.79 Å². The molecule has 2 amide bonds. The fraction of sp³-hybridized carbons (Fsp3) is 0.407. The number of hydrogen-bond donors (Lipinski definition) is 3. The number of ether oxygens (including phenoxy) is 1. The van der Waals surface area contributed by atoms with Crippen LogP contribution in [0.5, 0.6) is 5.75 Å². The minimum atomic E-state index is -0.981. The van der Waals surface area contributed by atoms with E-state index in [0.717, 1.165) is 17.3 Å². The van der Waals surface area contributed by atoms with Gasteiger partial charge in [0.05, 0.1) is 12.4 Å². The van der Waals surface area contributed by atoms with Crippen LogP contribution in [0, 0.1) is 5.92 Å². The summed E-state index contributed by atoms with van der Waals surface area (Å²) >= 11 is 0.940. The summed E-state index contributed by atoms with van der Waals surface area (Å²) in [4.78, 5) is 50.5. The molecule has 0 aliphatic carbocycles. The number of aryl methyl sites for hydroxylation is 1. The van der Waals surface area contributed by atoms with E-state index in [1.807, 2.05) is 30.3 Å². The second-order valence-electron chi connectivity index (χ2n) is 8.81. The van der Waals surface area contributed by atoms with Gasteiger partial charge in [-0.2, -0.15) is 0 Å². The van der Waals surface area contributed by atoms with E-state index in [2.05, 4.69) is 10.6 Å². The summed E-state index contributed by atoms with van der Waals surface area (Å²) in [5, 5.41) is 14.1. The van der Waals surface area contributed by atoms with E-state index in [0.29, 0.717) is 18.4 Å². The number of thioether (sulfide) groups is 1. The molecule has 3 N–H and O–H groups in total. The first-order valence-corrected chi connectivity index (χ1v) is 12.7. The molecule has 0 aliphatic rings. The summed E-state index contributed by atoms with van der Waals surface area (Å²) < 4.78 is 4.86. The Hall–Kier alpha value is -3.33. The molecule has 36 heavy (non-hydrogen) atoms. The highest BCUT2D eigenvalue weighted by Crippen LogP contribution is 2.20. The number of phenolic OH excluding ortho intramolecular Hbond substituents is 1. The monoisotopic (exact) mass is 514 g/mol. The number of rotatable bonds is 12. The summed E-state index contributed by atoms with van der Waals surface area (Å²) in [6.45, 7) is 4.98. The number of methoxy groups -OCH3 is 1. The first-order chi connectivity index (χ1) is 17.1. The number of nitrogens with one attached hydrogen (secondary N) is 2. The van der Waals surface area contributed by atoms with E-state index in [1.165, 1.54) is 26.2 Å². The number of esters is 1. The van der Waals surface area contributed by atoms with Gasteiger partial charge in [0.25, 0.3) is 0 Å². The second-order valence-corrected chi connectivity index (χ2v) is 10.2. The number of carbonyl (C=O) groups excluding carboxylic acids is 4. The zero-order valence-electron chi connectivity index (χ0n) is 21.0. The fourth-order valence-electron chi connectivity index (χ4n) is 3.63. The van der Waals surface area contributed by atoms with Gasteiger partial charge in [0.2, 0.25) is 11.8 Å². The third-order valence-corrected chi connectivity index (χ3v) is 6.63. The predicted octanol–water partition coefficient (Wildman–Crippen LogP) is 3.01. The number of amides is 2. The highest BCUT2D eigenvalue weighted by atomic mass is 32.2. The minimum absolute atomic E-state index is 0.0882. The Balaban J connectivity index is 2.11. The molecule has 0 saturated carbocycles. The molecule has 0 unspecified atom stereocenters. The lowest BCUT2D eigenvalue weighted by Crippen LogP contribution is -2.55. The van der Waals surface area contributed by atoms with Gasteiger partial charge in [0.15, 0.2) is 5.12 Å². The van der Waals surface area contributed by atoms with Crippen molar-refractivity contribution >= 4 is 34.7 Å². The lowest BCUT2D eigenvalue weighted by Gasteiger charge is -2.26. The number of carbonyl (C=O) groups is 4. The van der Waals surface area contributed by atoms with Crippen molar-refractivity contribution in [1.82, 2.24) is 10.6 Å². The number of hydrogen-bond acceptors (Lipinski definition) is 7. The van der Waals surface area contributed by atoms with Crippen LogP contribution >= 0.6 is 11.8 Å². The van der Waals surface area contributed by atoms with Gasteiger partial charge in [-0.05, 0) is 42.0 Å². The van der Waals surface area contributed by atoms with E-state index in [4.69, 9.17) is 4.74 Å². The van der Waals surface area contributed by atoms with E-state index in [-0.39, 0.29) is 23.2 Å². The maximum atomic E-state index is 13.2. The summed E-state index contributed by atoms with van der Waals surface area (Å²) in [5.74, 6) is -1.75. The van der Waals surface area contributed by atoms with Crippen molar-refractivity contribution < 1.29 is 29.0 Å². The third-order valence-electron chi connectivity index (χ3n) is 5.56. The molecular weight excluding hydrogens is 480 g/mol. The zero-order chi connectivity index (χ0) is 26.7. The van der Waals surface area contributed by atoms with Gasteiger partial charge in [0, 0.05) is 13.3 Å². The average molecular weight is 515 g/mol. The number of phenols is 1. The Morgan fingerprint density at radius 2 is 1.56 bits per heavy atom. The standard InChI is InChI=1S/C27H34N2O6S/c1-17(2)24(26(33)28-22(27(34)35-4)16-20-10-13-21(31)14-11-20)29-25(32)23(36-18(3)30)15-12-19-8-6-5-7-9-19/h5-11,13-14,17,22-24,31H,12,15-16H2,1-4H3,(H,28,33)(H,29,32)/t22-,23-,24-/m0/s1. The summed E-state index contributed by atoms with van der Waals surface area (Å²) in [7, 11) is 1.23. The van der Waals surface area contributed by atoms with Gasteiger partial charge in [0.1, 0.15) is 17.8 Å². The molecule has 0 heterocycles. The van der Waals surface area contributed by atoms with Gasteiger partial charge in [-0.3, -0.25) is 14.4 Å². The molecule has 194 valence electrons. The molecule has 9 heteroatoms. The Morgan fingerprint density at radius 1 is 0.917 bits per heavy atom. The molecule has 0 radical (unpaired) electrons. The highest BCUT2D eigenvalue weighted by molar-refractivity contribution is 8.14. The quantitative estimate of drug-likeness (QED) is 0.372. The van der Waals surface area contributed by atoms with Gasteiger partial charge in [-0.15, -0.1) is 0 Å². The molecular formula is C27H34N2O6S. The van der Waals surface area contributed by atoms with Crippen molar-refractivity contribution in [2.75, 3.05) is 7.11 Å². The maximum Gasteiger partial charge on any atom is 0.328 e. The van der Waals surface area contributed by atoms with Crippen LogP contribution in [0.4, 0.5) is 0 Å². The summed E-state index contributed by atoms with van der Waals surface area (Å²) in [6.07, 6.45) is 1.18. The number of aromatic hydroxyl groups is 1. The smallest absolute Gasteiger partial charge is 0.328 e. The molecule has 0 bridgehead atoms. The van der Waals surface area contributed by atoms with Crippen molar-refractivity contribution in [3.05, 3.63) is 65.7 Å². The van der Waals surface area contributed by atoms with E-state index in [9.17, 15) is 24.3 Å². The van der Waals surface area contributed by atoms with Crippen LogP contribution < -0.4 is 10.6 Å². The molecule has 2 aromatic rings. The van der Waals surface area contributed by atoms with Gasteiger partial charge < -0.3 is 20.5 Å². The van der Waals surface area contributed by atoms with Crippen LogP contribution in [0.1, 0.15) is 38.3 Å². The van der Waals surface area contributed by atoms with Crippen molar-refractivity contribution in [1.29, 1.82) is 0 Å². The Bertz CT molecular complexity index is 1030. The topological polar surface area (TPSA) is 122 Å². The molecule has 0 saturated heterocycles. The molecule has 0 aromatic heterocycles. The Labute approximate surface area is 216 Å². The SMILES string of the molecule is COC(=O)[C@H](Cc1ccc(O)cc1)NC(=O)[C@@H](NC(=O)[C@H](CCc1ccccc1)SC(C)=O)C(C)C.